The molecule has 1 aliphatic rings. The van der Waals surface area contributed by atoms with Gasteiger partial charge in [0, 0.05) is 24.0 Å². The molecular formula is C21H17F3N2O. The van der Waals surface area contributed by atoms with Crippen LogP contribution in [0.5, 0.6) is 0 Å². The third-order valence-corrected chi connectivity index (χ3v) is 4.96. The highest BCUT2D eigenvalue weighted by Gasteiger charge is 2.44. The van der Waals surface area contributed by atoms with Gasteiger partial charge in [-0.15, -0.1) is 0 Å². The number of para-hydroxylation sites is 1. The zero-order chi connectivity index (χ0) is 19.0. The molecule has 3 aromatic rings. The van der Waals surface area contributed by atoms with Crippen LogP contribution < -0.4 is 5.32 Å². The molecule has 1 amide bonds. The molecule has 0 radical (unpaired) electrons. The van der Waals surface area contributed by atoms with Gasteiger partial charge in [-0.3, -0.25) is 9.78 Å². The lowest BCUT2D eigenvalue weighted by molar-refractivity contribution is -0.137. The minimum absolute atomic E-state index is 0.0158. The van der Waals surface area contributed by atoms with Crippen LogP contribution in [0.3, 0.4) is 0 Å². The van der Waals surface area contributed by atoms with Crippen molar-refractivity contribution in [3.8, 4) is 0 Å². The number of nitrogens with zero attached hydrogens (tertiary/aromatic N) is 1. The summed E-state index contributed by atoms with van der Waals surface area (Å²) in [4.78, 5) is 16.8. The number of benzene rings is 2. The highest BCUT2D eigenvalue weighted by molar-refractivity contribution is 5.85. The van der Waals surface area contributed by atoms with E-state index < -0.39 is 11.7 Å². The molecule has 27 heavy (non-hydrogen) atoms. The summed E-state index contributed by atoms with van der Waals surface area (Å²) in [7, 11) is 0. The number of carbonyl (C=O) groups is 1. The maximum Gasteiger partial charge on any atom is 0.416 e. The van der Waals surface area contributed by atoms with E-state index in [0.717, 1.165) is 34.2 Å². The Morgan fingerprint density at radius 3 is 2.56 bits per heavy atom. The Labute approximate surface area is 154 Å². The van der Waals surface area contributed by atoms with Crippen LogP contribution in [0.25, 0.3) is 10.9 Å². The van der Waals surface area contributed by atoms with E-state index in [2.05, 4.69) is 10.3 Å². The Kier molecular flexibility index (Phi) is 4.34. The number of halogens is 3. The molecular weight excluding hydrogens is 353 g/mol. The van der Waals surface area contributed by atoms with E-state index in [-0.39, 0.29) is 17.7 Å². The van der Waals surface area contributed by atoms with Crippen molar-refractivity contribution in [2.24, 2.45) is 5.92 Å². The molecule has 1 aromatic heterocycles. The lowest BCUT2D eigenvalue weighted by Gasteiger charge is -2.09. The second-order valence-electron chi connectivity index (χ2n) is 6.78. The normalized spacial score (nSPS) is 19.1. The molecule has 4 rings (SSSR count). The average Bonchev–Trinajstić information content (AvgIpc) is 3.46. The van der Waals surface area contributed by atoms with Crippen molar-refractivity contribution in [2.75, 3.05) is 0 Å². The number of nitrogens with one attached hydrogen (secondary N) is 1. The molecule has 2 aromatic carbocycles. The number of alkyl halides is 3. The van der Waals surface area contributed by atoms with Crippen molar-refractivity contribution in [1.82, 2.24) is 10.3 Å². The van der Waals surface area contributed by atoms with E-state index in [9.17, 15) is 18.0 Å². The average molecular weight is 370 g/mol. The summed E-state index contributed by atoms with van der Waals surface area (Å²) < 4.78 is 37.9. The lowest BCUT2D eigenvalue weighted by atomic mass is 10.1. The molecule has 138 valence electrons. The number of hydrogen-bond acceptors (Lipinski definition) is 2. The minimum Gasteiger partial charge on any atom is -0.352 e. The first-order valence-electron chi connectivity index (χ1n) is 8.71. The Morgan fingerprint density at radius 2 is 1.81 bits per heavy atom. The van der Waals surface area contributed by atoms with Gasteiger partial charge in [0.05, 0.1) is 11.1 Å². The van der Waals surface area contributed by atoms with E-state index >= 15 is 0 Å². The van der Waals surface area contributed by atoms with Crippen molar-refractivity contribution >= 4 is 16.8 Å². The summed E-state index contributed by atoms with van der Waals surface area (Å²) in [5.41, 5.74) is 1.90. The summed E-state index contributed by atoms with van der Waals surface area (Å²) in [6.07, 6.45) is -1.97. The van der Waals surface area contributed by atoms with Gasteiger partial charge in [-0.05, 0) is 41.7 Å². The van der Waals surface area contributed by atoms with Gasteiger partial charge in [-0.25, -0.2) is 0 Å². The first kappa shape index (κ1) is 17.5. The molecule has 0 unspecified atom stereocenters. The second kappa shape index (κ2) is 6.68. The second-order valence-corrected chi connectivity index (χ2v) is 6.78. The van der Waals surface area contributed by atoms with E-state index in [4.69, 9.17) is 0 Å². The zero-order valence-corrected chi connectivity index (χ0v) is 14.3. The smallest absolute Gasteiger partial charge is 0.352 e. The highest BCUT2D eigenvalue weighted by atomic mass is 19.4. The number of hydrogen-bond donors (Lipinski definition) is 1. The molecule has 0 aliphatic heterocycles. The Morgan fingerprint density at radius 1 is 1.07 bits per heavy atom. The van der Waals surface area contributed by atoms with E-state index in [0.29, 0.717) is 13.0 Å². The fourth-order valence-electron chi connectivity index (χ4n) is 3.40. The molecule has 1 N–H and O–H groups in total. The van der Waals surface area contributed by atoms with Gasteiger partial charge in [0.25, 0.3) is 0 Å². The first-order valence-corrected chi connectivity index (χ1v) is 8.71. The van der Waals surface area contributed by atoms with Crippen LogP contribution in [0.4, 0.5) is 13.2 Å². The van der Waals surface area contributed by atoms with Crippen LogP contribution in [0.15, 0.2) is 60.8 Å². The van der Waals surface area contributed by atoms with Crippen molar-refractivity contribution in [2.45, 2.75) is 25.1 Å². The molecule has 1 fully saturated rings. The standard InChI is InChI=1S/C21H17F3N2O/c22-21(23,24)16-8-6-13(7-9-16)17-11-18(17)20(27)26-12-15-4-1-3-14-5-2-10-25-19(14)15/h1-10,17-18H,11-12H2,(H,26,27)/t17-,18-/m1/s1. The van der Waals surface area contributed by atoms with Crippen LogP contribution in [0.2, 0.25) is 0 Å². The summed E-state index contributed by atoms with van der Waals surface area (Å²) in [5.74, 6) is -0.282. The third-order valence-electron chi connectivity index (χ3n) is 4.96. The van der Waals surface area contributed by atoms with Gasteiger partial charge in [-0.1, -0.05) is 36.4 Å². The molecule has 0 saturated heterocycles. The third kappa shape index (κ3) is 3.65. The minimum atomic E-state index is -4.34. The lowest BCUT2D eigenvalue weighted by Crippen LogP contribution is -2.25. The van der Waals surface area contributed by atoms with Crippen molar-refractivity contribution in [3.63, 3.8) is 0 Å². The van der Waals surface area contributed by atoms with Gasteiger partial charge >= 0.3 is 6.18 Å². The SMILES string of the molecule is O=C(NCc1cccc2cccnc12)[C@@H]1C[C@@H]1c1ccc(C(F)(F)F)cc1. The zero-order valence-electron chi connectivity index (χ0n) is 14.3. The van der Waals surface area contributed by atoms with Crippen LogP contribution in [0, 0.1) is 5.92 Å². The maximum absolute atomic E-state index is 12.6. The summed E-state index contributed by atoms with van der Waals surface area (Å²) in [5, 5.41) is 3.94. The number of pyridine rings is 1. The first-order chi connectivity index (χ1) is 12.9. The Bertz CT molecular complexity index is 977. The van der Waals surface area contributed by atoms with E-state index in [1.807, 2.05) is 30.3 Å². The monoisotopic (exact) mass is 370 g/mol. The van der Waals surface area contributed by atoms with Crippen molar-refractivity contribution in [1.29, 1.82) is 0 Å². The van der Waals surface area contributed by atoms with Gasteiger partial charge in [0.15, 0.2) is 0 Å². The molecule has 3 nitrogen and oxygen atoms in total. The largest absolute Gasteiger partial charge is 0.416 e. The number of aromatic nitrogens is 1. The molecule has 1 heterocycles. The highest BCUT2D eigenvalue weighted by Crippen LogP contribution is 2.48. The number of amides is 1. The van der Waals surface area contributed by atoms with Crippen LogP contribution in [-0.2, 0) is 17.5 Å². The topological polar surface area (TPSA) is 42.0 Å². The summed E-state index contributed by atoms with van der Waals surface area (Å²) >= 11 is 0. The molecule has 6 heteroatoms. The van der Waals surface area contributed by atoms with Gasteiger partial charge in [-0.2, -0.15) is 13.2 Å². The molecule has 0 bridgehead atoms. The van der Waals surface area contributed by atoms with Crippen molar-refractivity contribution in [3.05, 3.63) is 77.5 Å². The number of rotatable bonds is 4. The quantitative estimate of drug-likeness (QED) is 0.725. The molecule has 1 aliphatic carbocycles. The van der Waals surface area contributed by atoms with E-state index in [1.54, 1.807) is 6.20 Å². The number of fused-ring (bicyclic) bond motifs is 1. The van der Waals surface area contributed by atoms with Gasteiger partial charge in [0.2, 0.25) is 5.91 Å². The van der Waals surface area contributed by atoms with Crippen LogP contribution in [-0.4, -0.2) is 10.9 Å². The molecule has 1 saturated carbocycles. The Balaban J connectivity index is 1.39. The predicted molar refractivity (Wildman–Crippen MR) is 95.9 cm³/mol. The Hall–Kier alpha value is -2.89. The predicted octanol–water partition coefficient (Wildman–Crippen LogP) is 4.67. The van der Waals surface area contributed by atoms with Gasteiger partial charge < -0.3 is 5.32 Å². The van der Waals surface area contributed by atoms with Gasteiger partial charge in [0.1, 0.15) is 0 Å². The van der Waals surface area contributed by atoms with E-state index in [1.165, 1.54) is 12.1 Å². The van der Waals surface area contributed by atoms with Crippen LogP contribution in [0.1, 0.15) is 29.0 Å². The maximum atomic E-state index is 12.6. The fourth-order valence-corrected chi connectivity index (χ4v) is 3.40. The summed E-state index contributed by atoms with van der Waals surface area (Å²) in [6.45, 7) is 0.378. The molecule has 2 atom stereocenters. The van der Waals surface area contributed by atoms with Crippen molar-refractivity contribution < 1.29 is 18.0 Å². The number of carbonyl (C=O) groups excluding carboxylic acids is 1. The molecule has 0 spiro atoms. The van der Waals surface area contributed by atoms with Crippen LogP contribution >= 0.6 is 0 Å². The fraction of sp³-hybridized carbons (Fsp3) is 0.238. The summed E-state index contributed by atoms with van der Waals surface area (Å²) in [6, 6.07) is 14.7.